The molecule has 7 nitrogen and oxygen atoms in total. The molecule has 0 fully saturated rings. The number of nitrogens with zero attached hydrogens (tertiary/aromatic N) is 4. The number of hydrogen-bond acceptors (Lipinski definition) is 6. The molecule has 0 bridgehead atoms. The second-order valence-corrected chi connectivity index (χ2v) is 9.45. The zero-order chi connectivity index (χ0) is 25.5. The molecule has 0 aliphatic rings. The van der Waals surface area contributed by atoms with Crippen LogP contribution >= 0.6 is 11.8 Å². The molecular weight excluding hydrogens is 472 g/mol. The highest BCUT2D eigenvalue weighted by Gasteiger charge is 2.25. The fraction of sp³-hybridized carbons (Fsp3) is 0.214. The Balaban J connectivity index is 1.69. The van der Waals surface area contributed by atoms with Crippen molar-refractivity contribution in [1.29, 1.82) is 5.26 Å². The average molecular weight is 499 g/mol. The summed E-state index contributed by atoms with van der Waals surface area (Å²) in [6.07, 6.45) is 0.217. The van der Waals surface area contributed by atoms with Crippen LogP contribution in [0.25, 0.3) is 10.9 Å². The normalized spacial score (nSPS) is 11.6. The van der Waals surface area contributed by atoms with Gasteiger partial charge in [-0.2, -0.15) is 5.26 Å². The van der Waals surface area contributed by atoms with Crippen LogP contribution in [0, 0.1) is 11.3 Å². The summed E-state index contributed by atoms with van der Waals surface area (Å²) in [5, 5.41) is 9.55. The van der Waals surface area contributed by atoms with Crippen molar-refractivity contribution in [2.45, 2.75) is 30.3 Å². The van der Waals surface area contributed by atoms with Crippen LogP contribution in [0.2, 0.25) is 0 Å². The highest BCUT2D eigenvalue weighted by atomic mass is 32.2. The molecule has 1 amide bonds. The molecule has 3 aromatic carbocycles. The maximum Gasteiger partial charge on any atom is 0.262 e. The molecule has 182 valence electrons. The number of ether oxygens (including phenoxy) is 1. The minimum atomic E-state index is -0.543. The van der Waals surface area contributed by atoms with Crippen LogP contribution in [0.3, 0.4) is 0 Å². The Bertz CT molecular complexity index is 1450. The monoisotopic (exact) mass is 498 g/mol. The van der Waals surface area contributed by atoms with Gasteiger partial charge in [0.1, 0.15) is 5.75 Å². The topological polar surface area (TPSA) is 88.2 Å². The SMILES string of the molecule is COc1ccc(Cn2c(SC(C)C(=O)N(CCC#N)c3ccccc3)nc3ccccc3c2=O)cc1. The number of aromatic nitrogens is 2. The number of benzene rings is 3. The molecule has 0 N–H and O–H groups in total. The number of anilines is 1. The number of fused-ring (bicyclic) bond motifs is 1. The maximum atomic E-state index is 13.5. The van der Waals surface area contributed by atoms with Gasteiger partial charge < -0.3 is 9.64 Å². The van der Waals surface area contributed by atoms with E-state index in [0.717, 1.165) is 17.0 Å². The first-order valence-electron chi connectivity index (χ1n) is 11.5. The van der Waals surface area contributed by atoms with Crippen LogP contribution in [0.5, 0.6) is 5.75 Å². The Morgan fingerprint density at radius 2 is 1.78 bits per heavy atom. The van der Waals surface area contributed by atoms with Crippen LogP contribution in [-0.2, 0) is 11.3 Å². The first kappa shape index (κ1) is 25.0. The van der Waals surface area contributed by atoms with Crippen molar-refractivity contribution in [3.63, 3.8) is 0 Å². The summed E-state index contributed by atoms with van der Waals surface area (Å²) in [5.41, 5.74) is 2.06. The summed E-state index contributed by atoms with van der Waals surface area (Å²) in [7, 11) is 1.61. The lowest BCUT2D eigenvalue weighted by Crippen LogP contribution is -2.37. The first-order chi connectivity index (χ1) is 17.5. The largest absolute Gasteiger partial charge is 0.497 e. The van der Waals surface area contributed by atoms with E-state index in [2.05, 4.69) is 6.07 Å². The fourth-order valence-corrected chi connectivity index (χ4v) is 4.82. The fourth-order valence-electron chi connectivity index (χ4n) is 3.85. The highest BCUT2D eigenvalue weighted by molar-refractivity contribution is 8.00. The van der Waals surface area contributed by atoms with Crippen molar-refractivity contribution in [3.05, 3.63) is 94.8 Å². The zero-order valence-corrected chi connectivity index (χ0v) is 20.9. The summed E-state index contributed by atoms with van der Waals surface area (Å²) in [6, 6.07) is 26.1. The van der Waals surface area contributed by atoms with Crippen molar-refractivity contribution in [2.24, 2.45) is 0 Å². The van der Waals surface area contributed by atoms with Gasteiger partial charge in [-0.05, 0) is 48.9 Å². The van der Waals surface area contributed by atoms with Gasteiger partial charge in [0.05, 0.1) is 42.3 Å². The number of hydrogen-bond donors (Lipinski definition) is 0. The predicted octanol–water partition coefficient (Wildman–Crippen LogP) is 4.88. The van der Waals surface area contributed by atoms with E-state index in [4.69, 9.17) is 15.0 Å². The molecule has 0 aliphatic carbocycles. The summed E-state index contributed by atoms with van der Waals surface area (Å²) in [4.78, 5) is 33.4. The van der Waals surface area contributed by atoms with Crippen molar-refractivity contribution in [2.75, 3.05) is 18.6 Å². The van der Waals surface area contributed by atoms with E-state index in [1.165, 1.54) is 11.8 Å². The van der Waals surface area contributed by atoms with Gasteiger partial charge in [-0.3, -0.25) is 14.2 Å². The Kier molecular flexibility index (Phi) is 8.03. The van der Waals surface area contributed by atoms with Crippen molar-refractivity contribution >= 4 is 34.3 Å². The summed E-state index contributed by atoms with van der Waals surface area (Å²) in [6.45, 7) is 2.39. The zero-order valence-electron chi connectivity index (χ0n) is 20.1. The molecule has 0 radical (unpaired) electrons. The minimum Gasteiger partial charge on any atom is -0.497 e. The molecule has 0 saturated heterocycles. The van der Waals surface area contributed by atoms with Crippen molar-refractivity contribution < 1.29 is 9.53 Å². The van der Waals surface area contributed by atoms with Gasteiger partial charge in [0, 0.05) is 12.2 Å². The van der Waals surface area contributed by atoms with E-state index in [9.17, 15) is 9.59 Å². The van der Waals surface area contributed by atoms with Gasteiger partial charge in [0.15, 0.2) is 5.16 Å². The average Bonchev–Trinajstić information content (AvgIpc) is 2.92. The standard InChI is InChI=1S/C28H26N4O3S/c1-20(26(33)31(18-8-17-29)22-9-4-3-5-10-22)36-28-30-25-12-7-6-11-24(25)27(34)32(28)19-21-13-15-23(35-2)16-14-21/h3-7,9-16,20H,8,18-19H2,1-2H3. The van der Waals surface area contributed by atoms with Crippen molar-refractivity contribution in [3.8, 4) is 11.8 Å². The van der Waals surface area contributed by atoms with Gasteiger partial charge in [0.2, 0.25) is 5.91 Å². The molecule has 0 spiro atoms. The first-order valence-corrected chi connectivity index (χ1v) is 12.4. The van der Waals surface area contributed by atoms with Crippen LogP contribution in [-0.4, -0.2) is 34.4 Å². The van der Waals surface area contributed by atoms with E-state index in [-0.39, 0.29) is 24.4 Å². The molecule has 1 heterocycles. The lowest BCUT2D eigenvalue weighted by molar-refractivity contribution is -0.117. The summed E-state index contributed by atoms with van der Waals surface area (Å²) < 4.78 is 6.85. The van der Waals surface area contributed by atoms with Crippen LogP contribution in [0.1, 0.15) is 18.9 Å². The second-order valence-electron chi connectivity index (χ2n) is 8.14. The van der Waals surface area contributed by atoms with E-state index in [1.807, 2.05) is 66.7 Å². The molecule has 1 unspecified atom stereocenters. The van der Waals surface area contributed by atoms with Gasteiger partial charge in [-0.1, -0.05) is 54.2 Å². The number of thioether (sulfide) groups is 1. The number of carbonyl (C=O) groups excluding carboxylic acids is 1. The molecule has 1 atom stereocenters. The molecule has 0 saturated carbocycles. The Labute approximate surface area is 214 Å². The van der Waals surface area contributed by atoms with E-state index in [0.29, 0.717) is 22.6 Å². The molecular formula is C28H26N4O3S. The molecule has 4 rings (SSSR count). The highest BCUT2D eigenvalue weighted by Crippen LogP contribution is 2.27. The molecule has 1 aromatic heterocycles. The summed E-state index contributed by atoms with van der Waals surface area (Å²) >= 11 is 1.24. The van der Waals surface area contributed by atoms with Crippen LogP contribution in [0.4, 0.5) is 5.69 Å². The molecule has 8 heteroatoms. The van der Waals surface area contributed by atoms with Crippen LogP contribution < -0.4 is 15.2 Å². The van der Waals surface area contributed by atoms with Gasteiger partial charge >= 0.3 is 0 Å². The number of para-hydroxylation sites is 2. The Hall–Kier alpha value is -4.09. The molecule has 36 heavy (non-hydrogen) atoms. The third-order valence-corrected chi connectivity index (χ3v) is 6.82. The lowest BCUT2D eigenvalue weighted by Gasteiger charge is -2.25. The molecule has 4 aromatic rings. The number of nitriles is 1. The van der Waals surface area contributed by atoms with Crippen LogP contribution in [0.15, 0.2) is 88.8 Å². The number of methoxy groups -OCH3 is 1. The van der Waals surface area contributed by atoms with Crippen molar-refractivity contribution in [1.82, 2.24) is 9.55 Å². The van der Waals surface area contributed by atoms with Gasteiger partial charge in [-0.25, -0.2) is 4.98 Å². The van der Waals surface area contributed by atoms with E-state index < -0.39 is 5.25 Å². The Morgan fingerprint density at radius 1 is 1.08 bits per heavy atom. The smallest absolute Gasteiger partial charge is 0.262 e. The number of rotatable bonds is 9. The second kappa shape index (κ2) is 11.6. The maximum absolute atomic E-state index is 13.5. The van der Waals surface area contributed by atoms with Gasteiger partial charge in [-0.15, -0.1) is 0 Å². The number of carbonyl (C=O) groups is 1. The minimum absolute atomic E-state index is 0.153. The lowest BCUT2D eigenvalue weighted by atomic mass is 10.2. The summed E-state index contributed by atoms with van der Waals surface area (Å²) in [5.74, 6) is 0.578. The predicted molar refractivity (Wildman–Crippen MR) is 142 cm³/mol. The van der Waals surface area contributed by atoms with E-state index in [1.54, 1.807) is 35.6 Å². The third-order valence-electron chi connectivity index (χ3n) is 5.74. The molecule has 0 aliphatic heterocycles. The van der Waals surface area contributed by atoms with E-state index >= 15 is 0 Å². The van der Waals surface area contributed by atoms with Gasteiger partial charge in [0.25, 0.3) is 5.56 Å². The Morgan fingerprint density at radius 3 is 2.47 bits per heavy atom. The number of amides is 1. The third kappa shape index (κ3) is 5.58. The quantitative estimate of drug-likeness (QED) is 0.241.